The molecule has 0 aliphatic heterocycles. The topological polar surface area (TPSA) is 38.9 Å². The highest BCUT2D eigenvalue weighted by molar-refractivity contribution is 7.18. The van der Waals surface area contributed by atoms with E-state index in [0.29, 0.717) is 5.13 Å². The monoisotopic (exact) mass is 230 g/mol. The van der Waals surface area contributed by atoms with Gasteiger partial charge in [0.25, 0.3) is 0 Å². The molecule has 2 nitrogen and oxygen atoms in total. The molecule has 2 N–H and O–H groups in total. The highest BCUT2D eigenvalue weighted by atomic mass is 32.1. The van der Waals surface area contributed by atoms with Gasteiger partial charge in [-0.15, -0.1) is 0 Å². The smallest absolute Gasteiger partial charge is 0.180 e. The average molecular weight is 230 g/mol. The van der Waals surface area contributed by atoms with Crippen LogP contribution in [0, 0.1) is 0 Å². The lowest BCUT2D eigenvalue weighted by molar-refractivity contribution is 0.420. The summed E-state index contributed by atoms with van der Waals surface area (Å²) in [6.07, 6.45) is 5.90. The number of hydrogen-bond donors (Lipinski definition) is 1. The van der Waals surface area contributed by atoms with E-state index >= 15 is 0 Å². The van der Waals surface area contributed by atoms with Gasteiger partial charge in [-0.25, -0.2) is 4.98 Å². The van der Waals surface area contributed by atoms with Crippen molar-refractivity contribution < 1.29 is 0 Å². The summed E-state index contributed by atoms with van der Waals surface area (Å²) in [5, 5.41) is 0.651. The number of nitrogens with two attached hydrogens (primary N) is 1. The Hall–Kier alpha value is -1.35. The van der Waals surface area contributed by atoms with Crippen molar-refractivity contribution in [1.82, 2.24) is 4.98 Å². The van der Waals surface area contributed by atoms with Crippen molar-refractivity contribution >= 4 is 16.5 Å². The Morgan fingerprint density at radius 2 is 2.06 bits per heavy atom. The molecule has 0 atom stereocenters. The Bertz CT molecular complexity index is 500. The second-order valence-electron chi connectivity index (χ2n) is 4.28. The fourth-order valence-corrected chi connectivity index (χ4v) is 2.94. The van der Waals surface area contributed by atoms with Crippen LogP contribution in [0.1, 0.15) is 30.7 Å². The van der Waals surface area contributed by atoms with Crippen LogP contribution in [0.5, 0.6) is 0 Å². The third-order valence-corrected chi connectivity index (χ3v) is 4.15. The zero-order valence-electron chi connectivity index (χ0n) is 9.02. The normalized spacial score (nSPS) is 16.0. The molecule has 1 aliphatic rings. The van der Waals surface area contributed by atoms with Crippen molar-refractivity contribution in [2.24, 2.45) is 0 Å². The minimum atomic E-state index is 0.651. The molecular weight excluding hydrogens is 216 g/mol. The van der Waals surface area contributed by atoms with Gasteiger partial charge < -0.3 is 5.73 Å². The predicted molar refractivity (Wildman–Crippen MR) is 68.6 cm³/mol. The van der Waals surface area contributed by atoms with Crippen LogP contribution in [0.2, 0.25) is 0 Å². The second-order valence-corrected chi connectivity index (χ2v) is 5.34. The standard InChI is InChI=1S/C13H14N2S/c14-13-15-8-12(16-13)11-7-2-1-6-10(11)9-4-3-5-9/h1-2,6-9H,3-5H2,(H2,14,15). The van der Waals surface area contributed by atoms with Crippen LogP contribution < -0.4 is 5.73 Å². The molecule has 3 heteroatoms. The molecule has 1 saturated carbocycles. The third-order valence-electron chi connectivity index (χ3n) is 3.29. The molecule has 82 valence electrons. The van der Waals surface area contributed by atoms with E-state index in [-0.39, 0.29) is 0 Å². The van der Waals surface area contributed by atoms with Crippen molar-refractivity contribution in [1.29, 1.82) is 0 Å². The summed E-state index contributed by atoms with van der Waals surface area (Å²) in [5.74, 6) is 0.750. The fraction of sp³-hybridized carbons (Fsp3) is 0.308. The molecular formula is C13H14N2S. The molecule has 1 heterocycles. The summed E-state index contributed by atoms with van der Waals surface area (Å²) in [7, 11) is 0. The zero-order chi connectivity index (χ0) is 11.0. The minimum absolute atomic E-state index is 0.651. The first-order valence-corrected chi connectivity index (χ1v) is 6.47. The van der Waals surface area contributed by atoms with E-state index in [1.807, 2.05) is 6.20 Å². The number of hydrogen-bond acceptors (Lipinski definition) is 3. The van der Waals surface area contributed by atoms with Crippen molar-refractivity contribution in [3.05, 3.63) is 36.0 Å². The van der Waals surface area contributed by atoms with E-state index in [0.717, 1.165) is 5.92 Å². The Labute approximate surface area is 99.1 Å². The van der Waals surface area contributed by atoms with E-state index in [1.54, 1.807) is 11.3 Å². The SMILES string of the molecule is Nc1ncc(-c2ccccc2C2CCC2)s1. The van der Waals surface area contributed by atoms with Crippen molar-refractivity contribution in [2.75, 3.05) is 5.73 Å². The first-order valence-electron chi connectivity index (χ1n) is 5.65. The lowest BCUT2D eigenvalue weighted by Gasteiger charge is -2.27. The van der Waals surface area contributed by atoms with Crippen molar-refractivity contribution in [3.8, 4) is 10.4 Å². The second kappa shape index (κ2) is 3.91. The van der Waals surface area contributed by atoms with Crippen LogP contribution in [-0.2, 0) is 0 Å². The van der Waals surface area contributed by atoms with Gasteiger partial charge in [0.15, 0.2) is 5.13 Å². The largest absolute Gasteiger partial charge is 0.375 e. The lowest BCUT2D eigenvalue weighted by atomic mass is 9.78. The quantitative estimate of drug-likeness (QED) is 0.855. The highest BCUT2D eigenvalue weighted by Gasteiger charge is 2.22. The number of rotatable bonds is 2. The maximum atomic E-state index is 5.70. The van der Waals surface area contributed by atoms with Crippen LogP contribution in [0.3, 0.4) is 0 Å². The molecule has 0 bridgehead atoms. The maximum absolute atomic E-state index is 5.70. The first-order chi connectivity index (χ1) is 7.84. The van der Waals surface area contributed by atoms with Crippen LogP contribution >= 0.6 is 11.3 Å². The number of aromatic nitrogens is 1. The van der Waals surface area contributed by atoms with E-state index in [2.05, 4.69) is 29.2 Å². The first kappa shape index (κ1) is 9.85. The summed E-state index contributed by atoms with van der Waals surface area (Å²) >= 11 is 1.57. The molecule has 1 fully saturated rings. The molecule has 1 aromatic carbocycles. The zero-order valence-corrected chi connectivity index (χ0v) is 9.83. The third kappa shape index (κ3) is 1.61. The van der Waals surface area contributed by atoms with Gasteiger partial charge in [-0.05, 0) is 29.9 Å². The molecule has 1 aliphatic carbocycles. The van der Waals surface area contributed by atoms with Gasteiger partial charge in [0, 0.05) is 6.20 Å². The molecule has 0 spiro atoms. The molecule has 0 saturated heterocycles. The van der Waals surface area contributed by atoms with Crippen LogP contribution in [0.25, 0.3) is 10.4 Å². The van der Waals surface area contributed by atoms with Crippen molar-refractivity contribution in [3.63, 3.8) is 0 Å². The number of benzene rings is 1. The average Bonchev–Trinajstić information content (AvgIpc) is 2.63. The summed E-state index contributed by atoms with van der Waals surface area (Å²) in [5.41, 5.74) is 8.49. The number of nitrogens with zero attached hydrogens (tertiary/aromatic N) is 1. The molecule has 0 amide bonds. The van der Waals surface area contributed by atoms with Crippen molar-refractivity contribution in [2.45, 2.75) is 25.2 Å². The molecule has 2 aromatic rings. The predicted octanol–water partition coefficient (Wildman–Crippen LogP) is 3.66. The van der Waals surface area contributed by atoms with E-state index in [9.17, 15) is 0 Å². The van der Waals surface area contributed by atoms with Gasteiger partial charge in [0.1, 0.15) is 0 Å². The molecule has 3 rings (SSSR count). The van der Waals surface area contributed by atoms with Gasteiger partial charge in [-0.3, -0.25) is 0 Å². The number of anilines is 1. The summed E-state index contributed by atoms with van der Waals surface area (Å²) in [6, 6.07) is 8.64. The van der Waals surface area contributed by atoms with Crippen LogP contribution in [0.15, 0.2) is 30.5 Å². The Morgan fingerprint density at radius 1 is 1.25 bits per heavy atom. The lowest BCUT2D eigenvalue weighted by Crippen LogP contribution is -2.09. The Morgan fingerprint density at radius 3 is 2.69 bits per heavy atom. The van der Waals surface area contributed by atoms with Gasteiger partial charge >= 0.3 is 0 Å². The fourth-order valence-electron chi connectivity index (χ4n) is 2.21. The van der Waals surface area contributed by atoms with Crippen LogP contribution in [-0.4, -0.2) is 4.98 Å². The highest BCUT2D eigenvalue weighted by Crippen LogP contribution is 2.42. The molecule has 1 aromatic heterocycles. The van der Waals surface area contributed by atoms with E-state index in [1.165, 1.54) is 35.3 Å². The van der Waals surface area contributed by atoms with Gasteiger partial charge in [0.2, 0.25) is 0 Å². The number of nitrogen functional groups attached to an aromatic ring is 1. The summed E-state index contributed by atoms with van der Waals surface area (Å²) < 4.78 is 0. The summed E-state index contributed by atoms with van der Waals surface area (Å²) in [6.45, 7) is 0. The maximum Gasteiger partial charge on any atom is 0.180 e. The number of thiazole rings is 1. The molecule has 16 heavy (non-hydrogen) atoms. The molecule has 0 radical (unpaired) electrons. The van der Waals surface area contributed by atoms with E-state index in [4.69, 9.17) is 5.73 Å². The van der Waals surface area contributed by atoms with Gasteiger partial charge in [-0.2, -0.15) is 0 Å². The Balaban J connectivity index is 2.05. The van der Waals surface area contributed by atoms with Crippen LogP contribution in [0.4, 0.5) is 5.13 Å². The minimum Gasteiger partial charge on any atom is -0.375 e. The molecule has 0 unspecified atom stereocenters. The summed E-state index contributed by atoms with van der Waals surface area (Å²) in [4.78, 5) is 5.33. The van der Waals surface area contributed by atoms with E-state index < -0.39 is 0 Å². The Kier molecular flexibility index (Phi) is 2.40. The van der Waals surface area contributed by atoms with Gasteiger partial charge in [0.05, 0.1) is 4.88 Å². The van der Waals surface area contributed by atoms with Gasteiger partial charge in [-0.1, -0.05) is 42.0 Å².